The van der Waals surface area contributed by atoms with Gasteiger partial charge in [0.1, 0.15) is 6.54 Å². The summed E-state index contributed by atoms with van der Waals surface area (Å²) in [6.07, 6.45) is 0. The van der Waals surface area contributed by atoms with Gasteiger partial charge in [0, 0.05) is 6.54 Å². The maximum atomic E-state index is 13.4. The third kappa shape index (κ3) is 5.03. The Labute approximate surface area is 172 Å². The fraction of sp³-hybridized carbons (Fsp3) is 0.174. The first-order valence-electron chi connectivity index (χ1n) is 9.33. The molecule has 0 aliphatic carbocycles. The number of amides is 1. The second-order valence-electron chi connectivity index (χ2n) is 6.87. The zero-order chi connectivity index (χ0) is 20.9. The van der Waals surface area contributed by atoms with E-state index in [1.54, 1.807) is 36.4 Å². The van der Waals surface area contributed by atoms with Crippen molar-refractivity contribution in [2.45, 2.75) is 25.3 Å². The number of nitrogens with zero attached hydrogens (tertiary/aromatic N) is 1. The first kappa shape index (κ1) is 20.6. The summed E-state index contributed by atoms with van der Waals surface area (Å²) in [4.78, 5) is 12.8. The minimum Gasteiger partial charge on any atom is -0.350 e. The van der Waals surface area contributed by atoms with Crippen LogP contribution in [0.3, 0.4) is 0 Å². The number of sulfonamides is 1. The number of rotatable bonds is 7. The van der Waals surface area contributed by atoms with Gasteiger partial charge in [-0.3, -0.25) is 9.10 Å². The highest BCUT2D eigenvalue weighted by Crippen LogP contribution is 2.26. The molecule has 5 nitrogen and oxygen atoms in total. The molecule has 1 N–H and O–H groups in total. The van der Waals surface area contributed by atoms with Crippen molar-refractivity contribution in [3.8, 4) is 0 Å². The lowest BCUT2D eigenvalue weighted by Crippen LogP contribution is -2.41. The predicted octanol–water partition coefficient (Wildman–Crippen LogP) is 3.82. The van der Waals surface area contributed by atoms with Gasteiger partial charge >= 0.3 is 0 Å². The van der Waals surface area contributed by atoms with Gasteiger partial charge in [-0.2, -0.15) is 0 Å². The van der Waals surface area contributed by atoms with Gasteiger partial charge in [-0.25, -0.2) is 8.42 Å². The van der Waals surface area contributed by atoms with E-state index in [1.807, 2.05) is 56.3 Å². The lowest BCUT2D eigenvalue weighted by molar-refractivity contribution is -0.119. The summed E-state index contributed by atoms with van der Waals surface area (Å²) in [5, 5.41) is 2.81. The van der Waals surface area contributed by atoms with Gasteiger partial charge < -0.3 is 5.32 Å². The van der Waals surface area contributed by atoms with Crippen LogP contribution in [-0.4, -0.2) is 20.9 Å². The maximum absolute atomic E-state index is 13.4. The highest BCUT2D eigenvalue weighted by Gasteiger charge is 2.28. The van der Waals surface area contributed by atoms with Gasteiger partial charge in [-0.1, -0.05) is 66.2 Å². The molecule has 29 heavy (non-hydrogen) atoms. The summed E-state index contributed by atoms with van der Waals surface area (Å²) in [6.45, 7) is 3.77. The Kier molecular flexibility index (Phi) is 6.34. The Morgan fingerprint density at radius 3 is 2.14 bits per heavy atom. The van der Waals surface area contributed by atoms with Crippen molar-refractivity contribution in [1.29, 1.82) is 0 Å². The highest BCUT2D eigenvalue weighted by molar-refractivity contribution is 7.92. The van der Waals surface area contributed by atoms with Crippen molar-refractivity contribution >= 4 is 21.6 Å². The summed E-state index contributed by atoms with van der Waals surface area (Å²) >= 11 is 0. The first-order valence-corrected chi connectivity index (χ1v) is 10.8. The topological polar surface area (TPSA) is 66.5 Å². The van der Waals surface area contributed by atoms with E-state index in [2.05, 4.69) is 5.32 Å². The van der Waals surface area contributed by atoms with E-state index in [4.69, 9.17) is 0 Å². The number of carbonyl (C=O) groups excluding carboxylic acids is 1. The second-order valence-corrected chi connectivity index (χ2v) is 8.74. The van der Waals surface area contributed by atoms with Crippen LogP contribution in [0, 0.1) is 13.8 Å². The van der Waals surface area contributed by atoms with E-state index >= 15 is 0 Å². The summed E-state index contributed by atoms with van der Waals surface area (Å²) in [5.74, 6) is -0.368. The first-order chi connectivity index (χ1) is 13.9. The van der Waals surface area contributed by atoms with E-state index in [-0.39, 0.29) is 17.3 Å². The molecule has 0 saturated carbocycles. The van der Waals surface area contributed by atoms with E-state index in [0.29, 0.717) is 12.2 Å². The molecule has 0 atom stereocenters. The number of hydrogen-bond acceptors (Lipinski definition) is 3. The summed E-state index contributed by atoms with van der Waals surface area (Å²) in [7, 11) is -3.90. The Morgan fingerprint density at radius 1 is 0.862 bits per heavy atom. The van der Waals surface area contributed by atoms with Gasteiger partial charge in [0.2, 0.25) is 5.91 Å². The van der Waals surface area contributed by atoms with Crippen LogP contribution in [0.25, 0.3) is 0 Å². The van der Waals surface area contributed by atoms with Crippen molar-refractivity contribution in [3.05, 3.63) is 95.6 Å². The normalized spacial score (nSPS) is 11.1. The summed E-state index contributed by atoms with van der Waals surface area (Å²) in [5.41, 5.74) is 3.18. The van der Waals surface area contributed by atoms with Crippen molar-refractivity contribution in [2.75, 3.05) is 10.8 Å². The molecular weight excluding hydrogens is 384 g/mol. The van der Waals surface area contributed by atoms with Gasteiger partial charge in [-0.15, -0.1) is 0 Å². The van der Waals surface area contributed by atoms with Crippen LogP contribution in [0.1, 0.15) is 16.7 Å². The zero-order valence-corrected chi connectivity index (χ0v) is 17.3. The summed E-state index contributed by atoms with van der Waals surface area (Å²) < 4.78 is 27.9. The minimum absolute atomic E-state index is 0.155. The molecule has 3 aromatic rings. The molecular formula is C23H24N2O3S. The molecule has 0 saturated heterocycles. The molecule has 0 radical (unpaired) electrons. The molecule has 150 valence electrons. The molecule has 0 unspecified atom stereocenters. The lowest BCUT2D eigenvalue weighted by atomic mass is 10.2. The number of carbonyl (C=O) groups is 1. The van der Waals surface area contributed by atoms with E-state index in [1.165, 1.54) is 4.31 Å². The van der Waals surface area contributed by atoms with Gasteiger partial charge in [-0.05, 0) is 43.2 Å². The van der Waals surface area contributed by atoms with Crippen LogP contribution >= 0.6 is 0 Å². The average Bonchev–Trinajstić information content (AvgIpc) is 2.72. The third-order valence-electron chi connectivity index (χ3n) is 4.61. The number of anilines is 1. The summed E-state index contributed by atoms with van der Waals surface area (Å²) in [6, 6.07) is 23.3. The third-order valence-corrected chi connectivity index (χ3v) is 6.39. The maximum Gasteiger partial charge on any atom is 0.264 e. The van der Waals surface area contributed by atoms with Crippen molar-refractivity contribution in [2.24, 2.45) is 0 Å². The van der Waals surface area contributed by atoms with Gasteiger partial charge in [0.25, 0.3) is 10.0 Å². The van der Waals surface area contributed by atoms with Crippen molar-refractivity contribution in [1.82, 2.24) is 5.32 Å². The second kappa shape index (κ2) is 8.92. The molecule has 0 aliphatic heterocycles. The number of aryl methyl sites for hydroxylation is 2. The Bertz CT molecular complexity index is 1080. The van der Waals surface area contributed by atoms with Crippen LogP contribution in [0.5, 0.6) is 0 Å². The van der Waals surface area contributed by atoms with Crippen molar-refractivity contribution < 1.29 is 13.2 Å². The molecule has 0 aliphatic rings. The predicted molar refractivity (Wildman–Crippen MR) is 115 cm³/mol. The molecule has 0 fully saturated rings. The van der Waals surface area contributed by atoms with Crippen molar-refractivity contribution in [3.63, 3.8) is 0 Å². The minimum atomic E-state index is -3.90. The monoisotopic (exact) mass is 408 g/mol. The van der Waals surface area contributed by atoms with E-state index in [0.717, 1.165) is 16.7 Å². The SMILES string of the molecule is Cc1ccc(S(=O)(=O)N(CC(=O)NCc2ccccc2)c2ccccc2C)cc1. The molecule has 0 spiro atoms. The Balaban J connectivity index is 1.88. The average molecular weight is 409 g/mol. The van der Waals surface area contributed by atoms with Crippen LogP contribution in [0.15, 0.2) is 83.8 Å². The molecule has 3 aromatic carbocycles. The lowest BCUT2D eigenvalue weighted by Gasteiger charge is -2.25. The number of hydrogen-bond donors (Lipinski definition) is 1. The number of para-hydroxylation sites is 1. The molecule has 0 aromatic heterocycles. The zero-order valence-electron chi connectivity index (χ0n) is 16.5. The van der Waals surface area contributed by atoms with E-state index in [9.17, 15) is 13.2 Å². The quantitative estimate of drug-likeness (QED) is 0.646. The highest BCUT2D eigenvalue weighted by atomic mass is 32.2. The fourth-order valence-corrected chi connectivity index (χ4v) is 4.45. The Hall–Kier alpha value is -3.12. The van der Waals surface area contributed by atoms with Crippen LogP contribution in [0.2, 0.25) is 0 Å². The molecule has 3 rings (SSSR count). The number of nitrogens with one attached hydrogen (secondary N) is 1. The molecule has 0 bridgehead atoms. The van der Waals surface area contributed by atoms with Crippen LogP contribution in [-0.2, 0) is 21.4 Å². The largest absolute Gasteiger partial charge is 0.350 e. The smallest absolute Gasteiger partial charge is 0.264 e. The van der Waals surface area contributed by atoms with Gasteiger partial charge in [0.15, 0.2) is 0 Å². The van der Waals surface area contributed by atoms with Crippen LogP contribution in [0.4, 0.5) is 5.69 Å². The standard InChI is InChI=1S/C23H24N2O3S/c1-18-12-14-21(15-13-18)29(27,28)25(22-11-7-6-8-19(22)2)17-23(26)24-16-20-9-4-3-5-10-20/h3-15H,16-17H2,1-2H3,(H,24,26). The Morgan fingerprint density at radius 2 is 1.48 bits per heavy atom. The molecule has 6 heteroatoms. The molecule has 0 heterocycles. The van der Waals surface area contributed by atoms with Crippen LogP contribution < -0.4 is 9.62 Å². The number of benzene rings is 3. The van der Waals surface area contributed by atoms with E-state index < -0.39 is 10.0 Å². The fourth-order valence-electron chi connectivity index (χ4n) is 2.96. The van der Waals surface area contributed by atoms with Gasteiger partial charge in [0.05, 0.1) is 10.6 Å². The molecule has 1 amide bonds.